The van der Waals surface area contributed by atoms with E-state index in [1.165, 1.54) is 0 Å². The molecule has 0 spiro atoms. The normalized spacial score (nSPS) is 12.3. The van der Waals surface area contributed by atoms with E-state index < -0.39 is 0 Å². The maximum Gasteiger partial charge on any atom is 0.287 e. The number of nitrogens with zero attached hydrogens (tertiary/aromatic N) is 3. The Kier molecular flexibility index (Phi) is 4.17. The number of amides is 1. The van der Waals surface area contributed by atoms with Gasteiger partial charge in [0, 0.05) is 27.8 Å². The molecule has 1 amide bonds. The second-order valence-electron chi connectivity index (χ2n) is 7.15. The van der Waals surface area contributed by atoms with E-state index in [0.29, 0.717) is 5.52 Å². The standard InChI is InChI=1S/C22H18N6O2/c1-13(14-5-3-2-4-6-14)23-22(29)21-24-18-11-16-17(12-19(18)25-21)26-27-20(16)15-7-9-28(30)10-8-15/h2-13,30H,1H3,(H2,23,24,25,27,29)/p+1/t13-/m1/s1. The Morgan fingerprint density at radius 3 is 2.63 bits per heavy atom. The zero-order chi connectivity index (χ0) is 20.7. The van der Waals surface area contributed by atoms with E-state index in [1.807, 2.05) is 49.4 Å². The van der Waals surface area contributed by atoms with Crippen LogP contribution in [0.4, 0.5) is 0 Å². The Labute approximate surface area is 171 Å². The molecule has 5 rings (SSSR count). The van der Waals surface area contributed by atoms with Crippen molar-refractivity contribution >= 4 is 27.8 Å². The number of imidazole rings is 1. The molecule has 0 unspecified atom stereocenters. The summed E-state index contributed by atoms with van der Waals surface area (Å²) in [7, 11) is 0. The van der Waals surface area contributed by atoms with Crippen molar-refractivity contribution in [2.24, 2.45) is 0 Å². The van der Waals surface area contributed by atoms with Crippen LogP contribution in [0.2, 0.25) is 0 Å². The maximum absolute atomic E-state index is 12.7. The van der Waals surface area contributed by atoms with Crippen molar-refractivity contribution in [2.45, 2.75) is 13.0 Å². The van der Waals surface area contributed by atoms with Gasteiger partial charge in [-0.15, -0.1) is 0 Å². The molecule has 30 heavy (non-hydrogen) atoms. The average molecular weight is 399 g/mol. The molecule has 0 aliphatic rings. The van der Waals surface area contributed by atoms with E-state index >= 15 is 0 Å². The lowest BCUT2D eigenvalue weighted by Gasteiger charge is -2.12. The number of H-pyrrole nitrogens is 2. The predicted molar refractivity (Wildman–Crippen MR) is 111 cm³/mol. The number of fused-ring (bicyclic) bond motifs is 2. The molecule has 2 aromatic carbocycles. The molecule has 5 aromatic rings. The molecule has 0 saturated heterocycles. The second kappa shape index (κ2) is 7.00. The van der Waals surface area contributed by atoms with Gasteiger partial charge in [-0.2, -0.15) is 5.10 Å². The van der Waals surface area contributed by atoms with Gasteiger partial charge in [-0.05, 0) is 24.6 Å². The van der Waals surface area contributed by atoms with E-state index in [0.717, 1.165) is 38.0 Å². The lowest BCUT2D eigenvalue weighted by molar-refractivity contribution is -0.904. The van der Waals surface area contributed by atoms with Gasteiger partial charge in [-0.3, -0.25) is 15.1 Å². The molecule has 4 N–H and O–H groups in total. The van der Waals surface area contributed by atoms with E-state index in [-0.39, 0.29) is 17.8 Å². The number of carbonyl (C=O) groups is 1. The minimum absolute atomic E-state index is 0.135. The van der Waals surface area contributed by atoms with Gasteiger partial charge >= 0.3 is 0 Å². The minimum atomic E-state index is -0.264. The highest BCUT2D eigenvalue weighted by atomic mass is 16.5. The summed E-state index contributed by atoms with van der Waals surface area (Å²) in [5, 5.41) is 20.7. The second-order valence-corrected chi connectivity index (χ2v) is 7.15. The van der Waals surface area contributed by atoms with Gasteiger partial charge < -0.3 is 10.3 Å². The summed E-state index contributed by atoms with van der Waals surface area (Å²) in [6.07, 6.45) is 3.08. The van der Waals surface area contributed by atoms with Gasteiger partial charge in [0.25, 0.3) is 5.91 Å². The number of benzene rings is 2. The van der Waals surface area contributed by atoms with Crippen LogP contribution in [0.5, 0.6) is 0 Å². The van der Waals surface area contributed by atoms with Crippen molar-refractivity contribution in [3.05, 3.63) is 78.4 Å². The first kappa shape index (κ1) is 17.9. The van der Waals surface area contributed by atoms with Crippen molar-refractivity contribution < 1.29 is 14.7 Å². The van der Waals surface area contributed by atoms with Gasteiger partial charge in [0.2, 0.25) is 12.4 Å². The summed E-state index contributed by atoms with van der Waals surface area (Å²) < 4.78 is 0.978. The van der Waals surface area contributed by atoms with Crippen LogP contribution in [0.3, 0.4) is 0 Å². The van der Waals surface area contributed by atoms with Crippen molar-refractivity contribution in [3.8, 4) is 11.3 Å². The number of pyridine rings is 1. The predicted octanol–water partition coefficient (Wildman–Crippen LogP) is 3.12. The molecule has 1 atom stereocenters. The number of nitrogens with one attached hydrogen (secondary N) is 3. The summed E-state index contributed by atoms with van der Waals surface area (Å²) in [4.78, 5) is 20.3. The molecule has 148 valence electrons. The van der Waals surface area contributed by atoms with Crippen molar-refractivity contribution in [1.29, 1.82) is 0 Å². The lowest BCUT2D eigenvalue weighted by Crippen LogP contribution is -2.27. The Hall–Kier alpha value is -4.20. The Morgan fingerprint density at radius 2 is 1.87 bits per heavy atom. The van der Waals surface area contributed by atoms with E-state index in [2.05, 4.69) is 25.5 Å². The fourth-order valence-corrected chi connectivity index (χ4v) is 3.52. The number of hydrogen-bond donors (Lipinski definition) is 4. The Morgan fingerprint density at radius 1 is 1.10 bits per heavy atom. The molecule has 3 heterocycles. The van der Waals surface area contributed by atoms with Gasteiger partial charge in [0.15, 0.2) is 5.82 Å². The zero-order valence-corrected chi connectivity index (χ0v) is 16.1. The third-order valence-corrected chi connectivity index (χ3v) is 5.11. The van der Waals surface area contributed by atoms with Crippen LogP contribution in [0, 0.1) is 0 Å². The van der Waals surface area contributed by atoms with Gasteiger partial charge in [-0.25, -0.2) is 4.98 Å². The number of aromatic amines is 2. The number of aromatic nitrogens is 5. The highest BCUT2D eigenvalue weighted by Gasteiger charge is 2.17. The molecule has 0 bridgehead atoms. The van der Waals surface area contributed by atoms with Crippen molar-refractivity contribution in [1.82, 2.24) is 25.5 Å². The molecule has 0 saturated carbocycles. The molecule has 0 aliphatic carbocycles. The molecule has 0 aliphatic heterocycles. The van der Waals surface area contributed by atoms with Crippen LogP contribution < -0.4 is 10.0 Å². The van der Waals surface area contributed by atoms with Crippen LogP contribution in [-0.2, 0) is 0 Å². The first-order valence-electron chi connectivity index (χ1n) is 9.53. The number of rotatable bonds is 4. The minimum Gasteiger partial charge on any atom is -0.343 e. The highest BCUT2D eigenvalue weighted by molar-refractivity contribution is 6.02. The summed E-state index contributed by atoms with van der Waals surface area (Å²) in [5.41, 5.74) is 4.88. The third kappa shape index (κ3) is 3.14. The largest absolute Gasteiger partial charge is 0.343 e. The van der Waals surface area contributed by atoms with Crippen LogP contribution in [0.15, 0.2) is 67.0 Å². The highest BCUT2D eigenvalue weighted by Crippen LogP contribution is 2.28. The fraction of sp³-hybridized carbons (Fsp3) is 0.0909. The van der Waals surface area contributed by atoms with Crippen molar-refractivity contribution in [2.75, 3.05) is 0 Å². The third-order valence-electron chi connectivity index (χ3n) is 5.11. The fourth-order valence-electron chi connectivity index (χ4n) is 3.52. The summed E-state index contributed by atoms with van der Waals surface area (Å²) in [6, 6.07) is 17.0. The van der Waals surface area contributed by atoms with E-state index in [9.17, 15) is 10.0 Å². The van der Waals surface area contributed by atoms with Gasteiger partial charge in [0.1, 0.15) is 5.69 Å². The van der Waals surface area contributed by atoms with Gasteiger partial charge in [0.05, 0.1) is 22.6 Å². The molecular weight excluding hydrogens is 380 g/mol. The Balaban J connectivity index is 1.47. The number of hydrogen-bond acceptors (Lipinski definition) is 4. The zero-order valence-electron chi connectivity index (χ0n) is 16.1. The number of carbonyl (C=O) groups excluding carboxylic acids is 1. The van der Waals surface area contributed by atoms with Crippen LogP contribution >= 0.6 is 0 Å². The molecule has 8 nitrogen and oxygen atoms in total. The molecule has 3 aromatic heterocycles. The maximum atomic E-state index is 12.7. The summed E-state index contributed by atoms with van der Waals surface area (Å²) in [6.45, 7) is 1.94. The molecule has 0 fully saturated rings. The molecular formula is C22H19N6O2+. The summed E-state index contributed by atoms with van der Waals surface area (Å²) in [5.74, 6) is -0.00361. The quantitative estimate of drug-likeness (QED) is 0.275. The first-order chi connectivity index (χ1) is 14.6. The van der Waals surface area contributed by atoms with Crippen LogP contribution in [0.1, 0.15) is 29.1 Å². The van der Waals surface area contributed by atoms with Crippen LogP contribution in [0.25, 0.3) is 33.2 Å². The SMILES string of the molecule is C[C@@H](NC(=O)c1nc2cc3c(-c4cc[n+](O)cc4)n[nH]c3cc2[nH]1)c1ccccc1. The topological polar surface area (TPSA) is 111 Å². The monoisotopic (exact) mass is 399 g/mol. The average Bonchev–Trinajstić information content (AvgIpc) is 3.37. The van der Waals surface area contributed by atoms with E-state index in [4.69, 9.17) is 0 Å². The van der Waals surface area contributed by atoms with E-state index in [1.54, 1.807) is 24.5 Å². The van der Waals surface area contributed by atoms with Gasteiger partial charge in [-0.1, -0.05) is 30.3 Å². The Bertz CT molecular complexity index is 1360. The first-order valence-corrected chi connectivity index (χ1v) is 9.53. The smallest absolute Gasteiger partial charge is 0.287 e. The van der Waals surface area contributed by atoms with Crippen LogP contribution in [-0.4, -0.2) is 31.3 Å². The lowest BCUT2D eigenvalue weighted by atomic mass is 10.1. The molecule has 0 radical (unpaired) electrons. The molecule has 8 heteroatoms. The van der Waals surface area contributed by atoms with Crippen molar-refractivity contribution in [3.63, 3.8) is 0 Å². The summed E-state index contributed by atoms with van der Waals surface area (Å²) >= 11 is 0.